The average Bonchev–Trinajstić information content (AvgIpc) is 3.09. The topological polar surface area (TPSA) is 51.0 Å². The first kappa shape index (κ1) is 20.0. The number of carbonyl (C=O) groups is 1. The summed E-state index contributed by atoms with van der Waals surface area (Å²) in [5.41, 5.74) is 2.95. The Kier molecular flexibility index (Phi) is 5.77. The third-order valence-corrected chi connectivity index (χ3v) is 4.83. The number of benzene rings is 1. The number of halogens is 1. The lowest BCUT2D eigenvalue weighted by atomic mass is 10.0. The van der Waals surface area contributed by atoms with Crippen molar-refractivity contribution in [2.75, 3.05) is 6.54 Å². The standard InChI is InChI=1S/C22H27FN4O/c1-6-26(13-16-8-7-9-17(23)10-16)22(28)18-11-20(14(2)3)25-21-19(18)12-24-27(21)15(4)5/h7-12,14-15H,6,13H2,1-5H3. The van der Waals surface area contributed by atoms with E-state index >= 15 is 0 Å². The molecular formula is C22H27FN4O. The van der Waals surface area contributed by atoms with Crippen molar-refractivity contribution in [3.8, 4) is 0 Å². The van der Waals surface area contributed by atoms with Gasteiger partial charge in [0.1, 0.15) is 5.82 Å². The molecule has 28 heavy (non-hydrogen) atoms. The summed E-state index contributed by atoms with van der Waals surface area (Å²) in [6, 6.07) is 8.38. The molecule has 2 aromatic heterocycles. The van der Waals surface area contributed by atoms with Crippen LogP contribution in [-0.4, -0.2) is 32.1 Å². The molecule has 0 spiro atoms. The number of amides is 1. The van der Waals surface area contributed by atoms with Crippen molar-refractivity contribution < 1.29 is 9.18 Å². The van der Waals surface area contributed by atoms with Gasteiger partial charge in [0, 0.05) is 24.8 Å². The third-order valence-electron chi connectivity index (χ3n) is 4.83. The van der Waals surface area contributed by atoms with Crippen LogP contribution in [-0.2, 0) is 6.54 Å². The monoisotopic (exact) mass is 382 g/mol. The molecule has 0 aliphatic carbocycles. The molecule has 0 unspecified atom stereocenters. The van der Waals surface area contributed by atoms with E-state index in [1.165, 1.54) is 12.1 Å². The first-order valence-electron chi connectivity index (χ1n) is 9.73. The van der Waals surface area contributed by atoms with Gasteiger partial charge in [-0.05, 0) is 50.5 Å². The number of nitrogens with zero attached hydrogens (tertiary/aromatic N) is 4. The highest BCUT2D eigenvalue weighted by molar-refractivity contribution is 6.05. The van der Waals surface area contributed by atoms with E-state index in [9.17, 15) is 9.18 Å². The Morgan fingerprint density at radius 1 is 1.21 bits per heavy atom. The first-order valence-corrected chi connectivity index (χ1v) is 9.73. The second-order valence-corrected chi connectivity index (χ2v) is 7.62. The van der Waals surface area contributed by atoms with E-state index in [0.29, 0.717) is 18.7 Å². The molecule has 0 aliphatic rings. The van der Waals surface area contributed by atoms with Gasteiger partial charge in [0.05, 0.1) is 17.1 Å². The molecule has 1 amide bonds. The molecule has 0 saturated heterocycles. The first-order chi connectivity index (χ1) is 13.3. The summed E-state index contributed by atoms with van der Waals surface area (Å²) in [7, 11) is 0. The SMILES string of the molecule is CCN(Cc1cccc(F)c1)C(=O)c1cc(C(C)C)nc2c1cnn2C(C)C. The zero-order valence-electron chi connectivity index (χ0n) is 17.1. The summed E-state index contributed by atoms with van der Waals surface area (Å²) in [6.07, 6.45) is 1.72. The van der Waals surface area contributed by atoms with E-state index in [2.05, 4.69) is 18.9 Å². The Morgan fingerprint density at radius 3 is 2.57 bits per heavy atom. The quantitative estimate of drug-likeness (QED) is 0.607. The summed E-state index contributed by atoms with van der Waals surface area (Å²) in [5.74, 6) is -0.207. The molecule has 3 aromatic rings. The van der Waals surface area contributed by atoms with Gasteiger partial charge in [-0.1, -0.05) is 26.0 Å². The minimum absolute atomic E-state index is 0.0932. The minimum Gasteiger partial charge on any atom is -0.335 e. The third kappa shape index (κ3) is 3.91. The maximum atomic E-state index is 13.6. The molecule has 148 valence electrons. The molecule has 5 nitrogen and oxygen atoms in total. The van der Waals surface area contributed by atoms with Gasteiger partial charge >= 0.3 is 0 Å². The van der Waals surface area contributed by atoms with Gasteiger partial charge in [-0.3, -0.25) is 4.79 Å². The lowest BCUT2D eigenvalue weighted by Gasteiger charge is -2.22. The Labute approximate surface area is 165 Å². The number of hydrogen-bond donors (Lipinski definition) is 0. The van der Waals surface area contributed by atoms with Crippen molar-refractivity contribution in [2.45, 2.75) is 53.1 Å². The lowest BCUT2D eigenvalue weighted by Crippen LogP contribution is -2.30. The van der Waals surface area contributed by atoms with Crippen LogP contribution in [0.1, 0.15) is 68.2 Å². The largest absolute Gasteiger partial charge is 0.335 e. The molecule has 0 fully saturated rings. The number of fused-ring (bicyclic) bond motifs is 1. The Balaban J connectivity index is 2.06. The fourth-order valence-corrected chi connectivity index (χ4v) is 3.24. The number of hydrogen-bond acceptors (Lipinski definition) is 3. The van der Waals surface area contributed by atoms with Gasteiger partial charge in [-0.15, -0.1) is 0 Å². The van der Waals surface area contributed by atoms with Crippen LogP contribution in [0.5, 0.6) is 0 Å². The Hall–Kier alpha value is -2.76. The maximum absolute atomic E-state index is 13.6. The van der Waals surface area contributed by atoms with Crippen molar-refractivity contribution >= 4 is 16.9 Å². The molecule has 0 bridgehead atoms. The predicted molar refractivity (Wildman–Crippen MR) is 109 cm³/mol. The fourth-order valence-electron chi connectivity index (χ4n) is 3.24. The summed E-state index contributed by atoms with van der Waals surface area (Å²) in [6.45, 7) is 11.0. The van der Waals surface area contributed by atoms with E-state index < -0.39 is 0 Å². The van der Waals surface area contributed by atoms with Gasteiger partial charge < -0.3 is 4.90 Å². The van der Waals surface area contributed by atoms with Crippen LogP contribution in [0.15, 0.2) is 36.5 Å². The molecule has 0 atom stereocenters. The van der Waals surface area contributed by atoms with E-state index in [1.807, 2.05) is 37.6 Å². The van der Waals surface area contributed by atoms with Crippen molar-refractivity contribution in [2.24, 2.45) is 0 Å². The van der Waals surface area contributed by atoms with Gasteiger partial charge in [0.2, 0.25) is 0 Å². The number of aromatic nitrogens is 3. The highest BCUT2D eigenvalue weighted by Crippen LogP contribution is 2.26. The van der Waals surface area contributed by atoms with Crippen LogP contribution in [0.4, 0.5) is 4.39 Å². The van der Waals surface area contributed by atoms with Crippen molar-refractivity contribution in [1.82, 2.24) is 19.7 Å². The zero-order valence-corrected chi connectivity index (χ0v) is 17.1. The van der Waals surface area contributed by atoms with Gasteiger partial charge in [-0.2, -0.15) is 5.10 Å². The van der Waals surface area contributed by atoms with Crippen LogP contribution < -0.4 is 0 Å². The van der Waals surface area contributed by atoms with Gasteiger partial charge in [0.25, 0.3) is 5.91 Å². The smallest absolute Gasteiger partial charge is 0.255 e. The predicted octanol–water partition coefficient (Wildman–Crippen LogP) is 4.94. The van der Waals surface area contributed by atoms with E-state index in [0.717, 1.165) is 22.3 Å². The molecule has 0 aliphatic heterocycles. The molecule has 1 aromatic carbocycles. The lowest BCUT2D eigenvalue weighted by molar-refractivity contribution is 0.0754. The van der Waals surface area contributed by atoms with Crippen LogP contribution >= 0.6 is 0 Å². The van der Waals surface area contributed by atoms with E-state index in [1.54, 1.807) is 17.2 Å². The zero-order chi connectivity index (χ0) is 20.4. The van der Waals surface area contributed by atoms with Gasteiger partial charge in [0.15, 0.2) is 5.65 Å². The Bertz CT molecular complexity index is 993. The van der Waals surface area contributed by atoms with Gasteiger partial charge in [-0.25, -0.2) is 14.1 Å². The average molecular weight is 382 g/mol. The second kappa shape index (κ2) is 8.09. The summed E-state index contributed by atoms with van der Waals surface area (Å²) >= 11 is 0. The molecule has 6 heteroatoms. The van der Waals surface area contributed by atoms with Crippen molar-refractivity contribution in [1.29, 1.82) is 0 Å². The van der Waals surface area contributed by atoms with Crippen molar-refractivity contribution in [3.63, 3.8) is 0 Å². The number of rotatable bonds is 6. The molecular weight excluding hydrogens is 355 g/mol. The summed E-state index contributed by atoms with van der Waals surface area (Å²) < 4.78 is 15.4. The fraction of sp³-hybridized carbons (Fsp3) is 0.409. The van der Waals surface area contributed by atoms with Crippen LogP contribution in [0.25, 0.3) is 11.0 Å². The van der Waals surface area contributed by atoms with E-state index in [4.69, 9.17) is 4.98 Å². The number of carbonyl (C=O) groups excluding carboxylic acids is 1. The minimum atomic E-state index is -0.299. The second-order valence-electron chi connectivity index (χ2n) is 7.62. The van der Waals surface area contributed by atoms with E-state index in [-0.39, 0.29) is 23.7 Å². The number of pyridine rings is 1. The highest BCUT2D eigenvalue weighted by Gasteiger charge is 2.22. The van der Waals surface area contributed by atoms with Crippen LogP contribution in [0.2, 0.25) is 0 Å². The normalized spacial score (nSPS) is 11.6. The molecule has 3 rings (SSSR count). The molecule has 0 N–H and O–H groups in total. The molecule has 2 heterocycles. The van der Waals surface area contributed by atoms with Crippen LogP contribution in [0, 0.1) is 5.82 Å². The molecule has 0 radical (unpaired) electrons. The summed E-state index contributed by atoms with van der Waals surface area (Å²) in [4.78, 5) is 19.9. The maximum Gasteiger partial charge on any atom is 0.255 e. The van der Waals surface area contributed by atoms with Crippen molar-refractivity contribution in [3.05, 3.63) is 59.2 Å². The van der Waals surface area contributed by atoms with Crippen LogP contribution in [0.3, 0.4) is 0 Å². The Morgan fingerprint density at radius 2 is 1.96 bits per heavy atom. The summed E-state index contributed by atoms with van der Waals surface area (Å²) in [5, 5.41) is 5.20. The highest BCUT2D eigenvalue weighted by atomic mass is 19.1. The molecule has 0 saturated carbocycles.